The van der Waals surface area contributed by atoms with Gasteiger partial charge in [-0.3, -0.25) is 9.59 Å². The summed E-state index contributed by atoms with van der Waals surface area (Å²) in [5.41, 5.74) is 4.67. The molecule has 2 fully saturated rings. The maximum absolute atomic E-state index is 14.0. The summed E-state index contributed by atoms with van der Waals surface area (Å²) in [6, 6.07) is 11.2. The van der Waals surface area contributed by atoms with Crippen LogP contribution in [0.1, 0.15) is 95.2 Å². The molecule has 2 aromatic carbocycles. The van der Waals surface area contributed by atoms with E-state index >= 15 is 0 Å². The first kappa shape index (κ1) is 40.3. The molecule has 15 heteroatoms. The summed E-state index contributed by atoms with van der Waals surface area (Å²) in [6.45, 7) is 10.6. The van der Waals surface area contributed by atoms with Gasteiger partial charge in [0, 0.05) is 36.2 Å². The van der Waals surface area contributed by atoms with E-state index in [1.54, 1.807) is 18.0 Å². The SMILES string of the molecule is COC(=O)NC(C(=O)N1CCCC1c1ncc(-c2ccc3c(c2)Oc2ccc(-c4c[n+](C)c(C5CCCN5C(=O)C(C)(NC(=O)OC)C(C)C)[nH]4)cc2C3)[nH]1)C(C)C. The van der Waals surface area contributed by atoms with Crippen molar-refractivity contribution in [1.29, 1.82) is 0 Å². The minimum absolute atomic E-state index is 0.116. The number of H-pyrrole nitrogens is 2. The lowest BCUT2D eigenvalue weighted by molar-refractivity contribution is -0.680. The Morgan fingerprint density at radius 3 is 2.28 bits per heavy atom. The highest BCUT2D eigenvalue weighted by molar-refractivity contribution is 5.90. The van der Waals surface area contributed by atoms with Gasteiger partial charge in [-0.05, 0) is 74.3 Å². The summed E-state index contributed by atoms with van der Waals surface area (Å²) in [6.07, 6.45) is 6.53. The van der Waals surface area contributed by atoms with Crippen LogP contribution in [0.5, 0.6) is 11.5 Å². The maximum atomic E-state index is 14.0. The lowest BCUT2D eigenvalue weighted by Gasteiger charge is -2.37. The van der Waals surface area contributed by atoms with Crippen LogP contribution in [0.4, 0.5) is 9.59 Å². The number of imidazole rings is 2. The number of alkyl carbamates (subject to hydrolysis) is 2. The number of aryl methyl sites for hydroxylation is 1. The number of aromatic amines is 2. The number of nitrogens with one attached hydrogen (secondary N) is 4. The lowest BCUT2D eigenvalue weighted by atomic mass is 9.86. The first-order valence-electron chi connectivity index (χ1n) is 20.1. The Bertz CT molecular complexity index is 2210. The minimum Gasteiger partial charge on any atom is -0.457 e. The van der Waals surface area contributed by atoms with Crippen molar-refractivity contribution in [2.45, 2.75) is 90.4 Å². The van der Waals surface area contributed by atoms with Crippen molar-refractivity contribution >= 4 is 24.0 Å². The molecule has 0 radical (unpaired) electrons. The monoisotopic (exact) mass is 795 g/mol. The second-order valence-corrected chi connectivity index (χ2v) is 16.4. The number of carbonyl (C=O) groups excluding carboxylic acids is 4. The summed E-state index contributed by atoms with van der Waals surface area (Å²) < 4.78 is 18.2. The highest BCUT2D eigenvalue weighted by atomic mass is 16.5. The number of benzene rings is 2. The molecule has 5 heterocycles. The molecule has 0 aliphatic carbocycles. The molecule has 0 bridgehead atoms. The van der Waals surface area contributed by atoms with Crippen LogP contribution in [-0.4, -0.2) is 87.6 Å². The van der Waals surface area contributed by atoms with Gasteiger partial charge in [0.2, 0.25) is 11.8 Å². The predicted molar refractivity (Wildman–Crippen MR) is 215 cm³/mol. The molecule has 58 heavy (non-hydrogen) atoms. The molecule has 3 aliphatic heterocycles. The van der Waals surface area contributed by atoms with Gasteiger partial charge < -0.3 is 39.6 Å². The largest absolute Gasteiger partial charge is 0.457 e. The number of carbonyl (C=O) groups is 4. The quantitative estimate of drug-likeness (QED) is 0.123. The van der Waals surface area contributed by atoms with Crippen molar-refractivity contribution in [3.63, 3.8) is 0 Å². The summed E-state index contributed by atoms with van der Waals surface area (Å²) in [5.74, 6) is 2.63. The molecular formula is C43H55N8O7+. The number of likely N-dealkylation sites (tertiary alicyclic amines) is 2. The van der Waals surface area contributed by atoms with Gasteiger partial charge in [-0.2, -0.15) is 0 Å². The van der Waals surface area contributed by atoms with Crippen LogP contribution in [0, 0.1) is 11.8 Å². The summed E-state index contributed by atoms with van der Waals surface area (Å²) in [7, 11) is 4.57. The Morgan fingerprint density at radius 1 is 0.879 bits per heavy atom. The van der Waals surface area contributed by atoms with Gasteiger partial charge in [-0.25, -0.2) is 24.1 Å². The van der Waals surface area contributed by atoms with E-state index < -0.39 is 23.8 Å². The van der Waals surface area contributed by atoms with Gasteiger partial charge in [-0.15, -0.1) is 0 Å². The van der Waals surface area contributed by atoms with Crippen LogP contribution in [0.2, 0.25) is 0 Å². The summed E-state index contributed by atoms with van der Waals surface area (Å²) >= 11 is 0. The van der Waals surface area contributed by atoms with Gasteiger partial charge >= 0.3 is 12.2 Å². The van der Waals surface area contributed by atoms with Gasteiger partial charge in [0.1, 0.15) is 41.1 Å². The van der Waals surface area contributed by atoms with E-state index in [1.807, 2.05) is 62.4 Å². The average molecular weight is 796 g/mol. The molecule has 2 aromatic heterocycles. The number of amides is 4. The smallest absolute Gasteiger partial charge is 0.407 e. The summed E-state index contributed by atoms with van der Waals surface area (Å²) in [5, 5.41) is 5.50. The third-order valence-electron chi connectivity index (χ3n) is 12.1. The van der Waals surface area contributed by atoms with E-state index in [-0.39, 0.29) is 35.7 Å². The van der Waals surface area contributed by atoms with Crippen LogP contribution >= 0.6 is 0 Å². The highest BCUT2D eigenvalue weighted by Crippen LogP contribution is 2.41. The fourth-order valence-corrected chi connectivity index (χ4v) is 8.40. The molecule has 2 saturated heterocycles. The number of aromatic nitrogens is 4. The third-order valence-corrected chi connectivity index (χ3v) is 12.1. The Labute approximate surface area is 338 Å². The molecule has 4 unspecified atom stereocenters. The van der Waals surface area contributed by atoms with Crippen molar-refractivity contribution in [3.8, 4) is 34.0 Å². The van der Waals surface area contributed by atoms with Crippen molar-refractivity contribution in [2.75, 3.05) is 27.3 Å². The van der Waals surface area contributed by atoms with Gasteiger partial charge in [0.25, 0.3) is 5.82 Å². The van der Waals surface area contributed by atoms with Crippen molar-refractivity contribution in [2.24, 2.45) is 18.9 Å². The topological polar surface area (TPSA) is 175 Å². The molecule has 15 nitrogen and oxygen atoms in total. The van der Waals surface area contributed by atoms with E-state index in [1.165, 1.54) is 14.2 Å². The second kappa shape index (κ2) is 16.2. The van der Waals surface area contributed by atoms with Crippen LogP contribution in [-0.2, 0) is 32.5 Å². The van der Waals surface area contributed by atoms with Gasteiger partial charge in [0.05, 0.1) is 39.2 Å². The molecule has 4 amide bonds. The van der Waals surface area contributed by atoms with Crippen molar-refractivity contribution in [3.05, 3.63) is 71.6 Å². The Hall–Kier alpha value is -5.86. The van der Waals surface area contributed by atoms with Crippen LogP contribution < -0.4 is 19.9 Å². The first-order valence-corrected chi connectivity index (χ1v) is 20.1. The van der Waals surface area contributed by atoms with E-state index in [0.29, 0.717) is 25.3 Å². The standard InChI is InChI=1S/C43H54N8O7/c1-24(2)36(47-41(54)56-7)39(52)50-17-9-11-32(50)37-44-22-30(45-37)27-13-14-28-20-29-19-26(15-16-34(29)58-35(28)21-27)31-23-49(6)38(46-31)33-12-10-18-51(33)40(53)43(5,25(3)4)48-42(55)57-8/h13-16,19,21-25,32-33,36H,9-12,17-18,20H2,1-8H3,(H3,44,45,47,48,54,55)/p+1. The molecule has 308 valence electrons. The van der Waals surface area contributed by atoms with Crippen molar-refractivity contribution < 1.29 is 38.0 Å². The summed E-state index contributed by atoms with van der Waals surface area (Å²) in [4.78, 5) is 67.4. The number of rotatable bonds is 10. The predicted octanol–water partition coefficient (Wildman–Crippen LogP) is 6.07. The molecule has 4 atom stereocenters. The first-order chi connectivity index (χ1) is 27.7. The fraction of sp³-hybridized carbons (Fsp3) is 0.488. The number of hydrogen-bond donors (Lipinski definition) is 4. The zero-order valence-electron chi connectivity index (χ0n) is 34.6. The normalized spacial score (nSPS) is 18.9. The molecule has 0 spiro atoms. The number of ether oxygens (including phenoxy) is 3. The minimum atomic E-state index is -1.12. The highest BCUT2D eigenvalue weighted by Gasteiger charge is 2.47. The number of nitrogens with zero attached hydrogens (tertiary/aromatic N) is 4. The van der Waals surface area contributed by atoms with Crippen LogP contribution in [0.25, 0.3) is 22.5 Å². The lowest BCUT2D eigenvalue weighted by Crippen LogP contribution is -2.61. The van der Waals surface area contributed by atoms with E-state index in [4.69, 9.17) is 19.2 Å². The van der Waals surface area contributed by atoms with Crippen molar-refractivity contribution in [1.82, 2.24) is 35.4 Å². The molecule has 4 N–H and O–H groups in total. The Balaban J connectivity index is 1.06. The Kier molecular flexibility index (Phi) is 11.3. The second-order valence-electron chi connectivity index (χ2n) is 16.4. The molecular weight excluding hydrogens is 741 g/mol. The van der Waals surface area contributed by atoms with E-state index in [9.17, 15) is 19.2 Å². The molecule has 0 saturated carbocycles. The number of methoxy groups -OCH3 is 2. The van der Waals surface area contributed by atoms with Crippen LogP contribution in [0.15, 0.2) is 48.8 Å². The third kappa shape index (κ3) is 7.61. The zero-order valence-corrected chi connectivity index (χ0v) is 34.6. The molecule has 3 aliphatic rings. The van der Waals surface area contributed by atoms with Gasteiger partial charge in [-0.1, -0.05) is 39.8 Å². The van der Waals surface area contributed by atoms with Gasteiger partial charge in [0.15, 0.2) is 5.69 Å². The molecule has 4 aromatic rings. The number of hydrogen-bond acceptors (Lipinski definition) is 8. The van der Waals surface area contributed by atoms with Crippen LogP contribution in [0.3, 0.4) is 0 Å². The van der Waals surface area contributed by atoms with E-state index in [0.717, 1.165) is 76.6 Å². The Morgan fingerprint density at radius 2 is 1.57 bits per heavy atom. The maximum Gasteiger partial charge on any atom is 0.407 e. The number of fused-ring (bicyclic) bond motifs is 2. The van der Waals surface area contributed by atoms with E-state index in [2.05, 4.69) is 45.0 Å². The zero-order chi connectivity index (χ0) is 41.5. The molecule has 7 rings (SSSR count). The fourth-order valence-electron chi connectivity index (χ4n) is 8.40. The average Bonchev–Trinajstić information content (AvgIpc) is 4.04.